The molecule has 4 nitrogen and oxygen atoms in total. The predicted molar refractivity (Wildman–Crippen MR) is 61.5 cm³/mol. The zero-order chi connectivity index (χ0) is 12.3. The number of sulfone groups is 1. The first kappa shape index (κ1) is 13.0. The number of aliphatic hydroxyl groups excluding tert-OH is 1. The van der Waals surface area contributed by atoms with Crippen molar-refractivity contribution in [3.63, 3.8) is 0 Å². The average molecular weight is 244 g/mol. The van der Waals surface area contributed by atoms with Crippen LogP contribution in [0.25, 0.3) is 0 Å². The lowest BCUT2D eigenvalue weighted by molar-refractivity contribution is 0.194. The van der Waals surface area contributed by atoms with E-state index in [1.165, 1.54) is 7.11 Å². The van der Waals surface area contributed by atoms with Crippen molar-refractivity contribution in [2.24, 2.45) is 0 Å². The molecule has 1 aromatic carbocycles. The van der Waals surface area contributed by atoms with E-state index >= 15 is 0 Å². The SMILES string of the molecule is COc1cccc(CC(C)O)c1S(C)(=O)=O. The Kier molecular flexibility index (Phi) is 3.93. The van der Waals surface area contributed by atoms with Crippen molar-refractivity contribution in [3.8, 4) is 5.75 Å². The van der Waals surface area contributed by atoms with Gasteiger partial charge in [0.2, 0.25) is 0 Å². The zero-order valence-electron chi connectivity index (χ0n) is 9.60. The fraction of sp³-hybridized carbons (Fsp3) is 0.455. The highest BCUT2D eigenvalue weighted by Crippen LogP contribution is 2.28. The molecule has 5 heteroatoms. The zero-order valence-corrected chi connectivity index (χ0v) is 10.4. The van der Waals surface area contributed by atoms with Crippen LogP contribution in [0.2, 0.25) is 0 Å². The third-order valence-electron chi connectivity index (χ3n) is 2.17. The molecule has 0 fully saturated rings. The predicted octanol–water partition coefficient (Wildman–Crippen LogP) is 1.02. The van der Waals surface area contributed by atoms with Gasteiger partial charge in [0.15, 0.2) is 9.84 Å². The number of rotatable bonds is 4. The number of aliphatic hydroxyl groups is 1. The molecule has 0 bridgehead atoms. The molecular formula is C11H16O4S. The average Bonchev–Trinajstić information content (AvgIpc) is 2.14. The third kappa shape index (κ3) is 2.96. The number of hydrogen-bond donors (Lipinski definition) is 1. The quantitative estimate of drug-likeness (QED) is 0.859. The Hall–Kier alpha value is -1.07. The van der Waals surface area contributed by atoms with E-state index in [1.54, 1.807) is 25.1 Å². The Labute approximate surface area is 95.8 Å². The van der Waals surface area contributed by atoms with E-state index in [-0.39, 0.29) is 4.90 Å². The van der Waals surface area contributed by atoms with Crippen LogP contribution in [0.5, 0.6) is 5.75 Å². The van der Waals surface area contributed by atoms with Gasteiger partial charge in [0.25, 0.3) is 0 Å². The van der Waals surface area contributed by atoms with Crippen molar-refractivity contribution in [2.45, 2.75) is 24.3 Å². The molecular weight excluding hydrogens is 228 g/mol. The lowest BCUT2D eigenvalue weighted by Gasteiger charge is -2.13. The normalized spacial score (nSPS) is 13.5. The third-order valence-corrected chi connectivity index (χ3v) is 3.37. The molecule has 1 aromatic rings. The summed E-state index contributed by atoms with van der Waals surface area (Å²) in [6.45, 7) is 1.62. The van der Waals surface area contributed by atoms with Gasteiger partial charge in [-0.15, -0.1) is 0 Å². The summed E-state index contributed by atoms with van der Waals surface area (Å²) in [5.74, 6) is 0.320. The molecule has 0 heterocycles. The highest BCUT2D eigenvalue weighted by Gasteiger charge is 2.19. The van der Waals surface area contributed by atoms with Gasteiger partial charge in [0.05, 0.1) is 13.2 Å². The maximum absolute atomic E-state index is 11.7. The molecule has 1 rings (SSSR count). The first-order valence-corrected chi connectivity index (χ1v) is 6.79. The highest BCUT2D eigenvalue weighted by molar-refractivity contribution is 7.90. The van der Waals surface area contributed by atoms with Crippen molar-refractivity contribution in [2.75, 3.05) is 13.4 Å². The second-order valence-electron chi connectivity index (χ2n) is 3.77. The molecule has 16 heavy (non-hydrogen) atoms. The minimum Gasteiger partial charge on any atom is -0.495 e. The smallest absolute Gasteiger partial charge is 0.179 e. The van der Waals surface area contributed by atoms with Gasteiger partial charge >= 0.3 is 0 Å². The van der Waals surface area contributed by atoms with Crippen molar-refractivity contribution < 1.29 is 18.3 Å². The standard InChI is InChI=1S/C11H16O4S/c1-8(12)7-9-5-4-6-10(15-2)11(9)16(3,13)14/h4-6,8,12H,7H2,1-3H3. The molecule has 0 aliphatic rings. The minimum atomic E-state index is -3.36. The van der Waals surface area contributed by atoms with Gasteiger partial charge in [0, 0.05) is 6.26 Å². The summed E-state index contributed by atoms with van der Waals surface area (Å²) in [4.78, 5) is 0.165. The summed E-state index contributed by atoms with van der Waals surface area (Å²) in [7, 11) is -1.93. The molecule has 0 aliphatic heterocycles. The molecule has 1 N–H and O–H groups in total. The minimum absolute atomic E-state index is 0.165. The molecule has 0 radical (unpaired) electrons. The highest BCUT2D eigenvalue weighted by atomic mass is 32.2. The molecule has 0 saturated heterocycles. The fourth-order valence-electron chi connectivity index (χ4n) is 1.62. The monoisotopic (exact) mass is 244 g/mol. The topological polar surface area (TPSA) is 63.6 Å². The van der Waals surface area contributed by atoms with E-state index in [2.05, 4.69) is 0 Å². The Morgan fingerprint density at radius 1 is 1.44 bits per heavy atom. The molecule has 90 valence electrons. The van der Waals surface area contributed by atoms with Crippen LogP contribution in [0, 0.1) is 0 Å². The summed E-state index contributed by atoms with van der Waals surface area (Å²) in [5.41, 5.74) is 0.580. The largest absolute Gasteiger partial charge is 0.495 e. The number of ether oxygens (including phenoxy) is 1. The summed E-state index contributed by atoms with van der Waals surface area (Å²) in [5, 5.41) is 9.32. The van der Waals surface area contributed by atoms with E-state index in [0.717, 1.165) is 6.26 Å². The molecule has 0 saturated carbocycles. The van der Waals surface area contributed by atoms with E-state index in [1.807, 2.05) is 0 Å². The van der Waals surface area contributed by atoms with Gasteiger partial charge in [0.1, 0.15) is 10.6 Å². The second kappa shape index (κ2) is 4.84. The summed E-state index contributed by atoms with van der Waals surface area (Å²) in [6, 6.07) is 5.00. The molecule has 0 spiro atoms. The maximum atomic E-state index is 11.7. The Morgan fingerprint density at radius 3 is 2.50 bits per heavy atom. The Balaban J connectivity index is 3.38. The van der Waals surface area contributed by atoms with Gasteiger partial charge in [-0.2, -0.15) is 0 Å². The molecule has 0 amide bonds. The van der Waals surface area contributed by atoms with Crippen LogP contribution in [-0.4, -0.2) is 33.0 Å². The van der Waals surface area contributed by atoms with Gasteiger partial charge in [-0.05, 0) is 25.0 Å². The Morgan fingerprint density at radius 2 is 2.06 bits per heavy atom. The lowest BCUT2D eigenvalue weighted by atomic mass is 10.1. The van der Waals surface area contributed by atoms with E-state index in [4.69, 9.17) is 4.74 Å². The summed E-state index contributed by atoms with van der Waals surface area (Å²) in [6.07, 6.45) is 0.836. The molecule has 0 aromatic heterocycles. The van der Waals surface area contributed by atoms with Crippen LogP contribution in [0.1, 0.15) is 12.5 Å². The van der Waals surface area contributed by atoms with Crippen molar-refractivity contribution in [1.29, 1.82) is 0 Å². The van der Waals surface area contributed by atoms with Crippen LogP contribution in [0.15, 0.2) is 23.1 Å². The maximum Gasteiger partial charge on any atom is 0.179 e. The molecule has 0 aliphatic carbocycles. The summed E-state index contributed by atoms with van der Waals surface area (Å²) >= 11 is 0. The van der Waals surface area contributed by atoms with Gasteiger partial charge in [-0.1, -0.05) is 12.1 Å². The van der Waals surface area contributed by atoms with E-state index in [9.17, 15) is 13.5 Å². The van der Waals surface area contributed by atoms with Crippen LogP contribution >= 0.6 is 0 Å². The van der Waals surface area contributed by atoms with Crippen molar-refractivity contribution in [3.05, 3.63) is 23.8 Å². The fourth-order valence-corrected chi connectivity index (χ4v) is 2.77. The van der Waals surface area contributed by atoms with Crippen LogP contribution in [-0.2, 0) is 16.3 Å². The van der Waals surface area contributed by atoms with E-state index < -0.39 is 15.9 Å². The van der Waals surface area contributed by atoms with Crippen molar-refractivity contribution >= 4 is 9.84 Å². The van der Waals surface area contributed by atoms with Crippen LogP contribution < -0.4 is 4.74 Å². The Bertz CT molecular complexity index is 463. The first-order chi connectivity index (χ1) is 7.36. The van der Waals surface area contributed by atoms with E-state index in [0.29, 0.717) is 17.7 Å². The number of hydrogen-bond acceptors (Lipinski definition) is 4. The van der Waals surface area contributed by atoms with Crippen LogP contribution in [0.3, 0.4) is 0 Å². The second-order valence-corrected chi connectivity index (χ2v) is 5.73. The van der Waals surface area contributed by atoms with Gasteiger partial charge in [-0.3, -0.25) is 0 Å². The lowest BCUT2D eigenvalue weighted by Crippen LogP contribution is -2.10. The van der Waals surface area contributed by atoms with Crippen molar-refractivity contribution in [1.82, 2.24) is 0 Å². The first-order valence-electron chi connectivity index (χ1n) is 4.90. The van der Waals surface area contributed by atoms with Gasteiger partial charge in [-0.25, -0.2) is 8.42 Å². The molecule has 1 unspecified atom stereocenters. The number of benzene rings is 1. The van der Waals surface area contributed by atoms with Crippen LogP contribution in [0.4, 0.5) is 0 Å². The summed E-state index contributed by atoms with van der Waals surface area (Å²) < 4.78 is 28.3. The molecule has 1 atom stereocenters. The number of methoxy groups -OCH3 is 1. The van der Waals surface area contributed by atoms with Gasteiger partial charge < -0.3 is 9.84 Å².